The fraction of sp³-hybridized carbons (Fsp3) is 0.333. The van der Waals surface area contributed by atoms with Crippen molar-refractivity contribution in [3.8, 4) is 5.75 Å². The Hall–Kier alpha value is -2.50. The van der Waals surface area contributed by atoms with E-state index in [1.807, 2.05) is 24.4 Å². The summed E-state index contributed by atoms with van der Waals surface area (Å²) in [6, 6.07) is 12.2. The van der Waals surface area contributed by atoms with Gasteiger partial charge in [-0.15, -0.1) is 0 Å². The summed E-state index contributed by atoms with van der Waals surface area (Å²) in [5.41, 5.74) is 2.77. The summed E-state index contributed by atoms with van der Waals surface area (Å²) in [6.07, 6.45) is 5.47. The van der Waals surface area contributed by atoms with Crippen LogP contribution in [-0.2, 0) is 0 Å². The average molecular weight is 350 g/mol. The topological polar surface area (TPSA) is 54.9 Å². The summed E-state index contributed by atoms with van der Waals surface area (Å²) < 4.78 is 0. The number of pyridine rings is 2. The van der Waals surface area contributed by atoms with Crippen LogP contribution in [0.2, 0.25) is 0 Å². The van der Waals surface area contributed by atoms with Crippen LogP contribution >= 0.6 is 0 Å². The minimum absolute atomic E-state index is 0.0773. The van der Waals surface area contributed by atoms with E-state index in [2.05, 4.69) is 35.1 Å². The first kappa shape index (κ1) is 16.9. The van der Waals surface area contributed by atoms with E-state index in [1.165, 1.54) is 11.4 Å². The predicted molar refractivity (Wildman–Crippen MR) is 101 cm³/mol. The highest BCUT2D eigenvalue weighted by molar-refractivity contribution is 5.85. The average Bonchev–Trinajstić information content (AvgIpc) is 2.71. The molecule has 1 saturated heterocycles. The van der Waals surface area contributed by atoms with Gasteiger partial charge in [0.1, 0.15) is 37.7 Å². The van der Waals surface area contributed by atoms with E-state index in [0.717, 1.165) is 42.7 Å². The zero-order valence-corrected chi connectivity index (χ0v) is 15.2. The van der Waals surface area contributed by atoms with Crippen molar-refractivity contribution in [3.05, 3.63) is 66.1 Å². The van der Waals surface area contributed by atoms with Crippen LogP contribution in [0, 0.1) is 0 Å². The first-order valence-electron chi connectivity index (χ1n) is 9.42. The van der Waals surface area contributed by atoms with Gasteiger partial charge in [0, 0.05) is 29.5 Å². The van der Waals surface area contributed by atoms with Gasteiger partial charge in [0.2, 0.25) is 0 Å². The van der Waals surface area contributed by atoms with Gasteiger partial charge in [0.05, 0.1) is 12.1 Å². The second kappa shape index (κ2) is 7.40. The Balaban J connectivity index is 1.78. The lowest BCUT2D eigenvalue weighted by Gasteiger charge is -2.34. The van der Waals surface area contributed by atoms with Crippen LogP contribution in [-0.4, -0.2) is 47.8 Å². The van der Waals surface area contributed by atoms with Crippen molar-refractivity contribution in [1.29, 1.82) is 0 Å². The van der Waals surface area contributed by atoms with E-state index in [9.17, 15) is 5.11 Å². The van der Waals surface area contributed by atoms with Gasteiger partial charge >= 0.3 is 0 Å². The minimum Gasteiger partial charge on any atom is -0.505 e. The maximum atomic E-state index is 11.0. The molecule has 0 spiro atoms. The van der Waals surface area contributed by atoms with Crippen molar-refractivity contribution in [2.45, 2.75) is 13.0 Å². The number of nitrogens with zero attached hydrogens (tertiary/aromatic N) is 2. The molecule has 0 amide bonds. The summed E-state index contributed by atoms with van der Waals surface area (Å²) in [5.74, 6) is 0.301. The molecule has 0 aliphatic carbocycles. The molecule has 5 nitrogen and oxygen atoms in total. The van der Waals surface area contributed by atoms with Crippen LogP contribution in [0.5, 0.6) is 5.75 Å². The summed E-state index contributed by atoms with van der Waals surface area (Å²) in [6.45, 7) is 7.92. The first-order valence-corrected chi connectivity index (χ1v) is 9.42. The van der Waals surface area contributed by atoms with Crippen LogP contribution in [0.4, 0.5) is 0 Å². The van der Waals surface area contributed by atoms with Gasteiger partial charge in [-0.25, -0.2) is 0 Å². The molecule has 4 rings (SSSR count). The Labute approximate surface area is 153 Å². The number of hydrogen-bond donors (Lipinski definition) is 3. The summed E-state index contributed by atoms with van der Waals surface area (Å²) in [5, 5.41) is 12.0. The van der Waals surface area contributed by atoms with E-state index in [0.29, 0.717) is 11.3 Å². The maximum absolute atomic E-state index is 11.0. The summed E-state index contributed by atoms with van der Waals surface area (Å²) in [7, 11) is 0. The lowest BCUT2D eigenvalue weighted by molar-refractivity contribution is -1.02. The third kappa shape index (κ3) is 3.16. The van der Waals surface area contributed by atoms with Crippen molar-refractivity contribution in [1.82, 2.24) is 9.97 Å². The Bertz CT molecular complexity index is 876. The maximum Gasteiger partial charge on any atom is 0.151 e. The third-order valence-electron chi connectivity index (χ3n) is 5.62. The van der Waals surface area contributed by atoms with E-state index >= 15 is 0 Å². The number of aromatic nitrogens is 2. The monoisotopic (exact) mass is 350 g/mol. The van der Waals surface area contributed by atoms with Gasteiger partial charge in [0.15, 0.2) is 5.75 Å². The molecule has 134 valence electrons. The molecule has 2 aromatic heterocycles. The SMILES string of the molecule is CC[NH+]1CC[NH+]([C@H](c2cccnc2)c2ccc3cccnc3c2O)CC1. The van der Waals surface area contributed by atoms with E-state index < -0.39 is 0 Å². The largest absolute Gasteiger partial charge is 0.505 e. The second-order valence-corrected chi connectivity index (χ2v) is 7.06. The van der Waals surface area contributed by atoms with Gasteiger partial charge in [-0.05, 0) is 31.2 Å². The third-order valence-corrected chi connectivity index (χ3v) is 5.62. The van der Waals surface area contributed by atoms with E-state index in [4.69, 9.17) is 0 Å². The smallest absolute Gasteiger partial charge is 0.151 e. The van der Waals surface area contributed by atoms with Gasteiger partial charge in [-0.2, -0.15) is 0 Å². The fourth-order valence-electron chi connectivity index (χ4n) is 4.13. The number of quaternary nitrogens is 2. The number of fused-ring (bicyclic) bond motifs is 1. The number of phenolic OH excluding ortho intramolecular Hbond substituents is 1. The fourth-order valence-corrected chi connectivity index (χ4v) is 4.13. The molecule has 3 N–H and O–H groups in total. The number of nitrogens with one attached hydrogen (secondary N) is 2. The minimum atomic E-state index is 0.0773. The lowest BCUT2D eigenvalue weighted by atomic mass is 9.95. The van der Waals surface area contributed by atoms with Crippen LogP contribution in [0.1, 0.15) is 24.1 Å². The highest BCUT2D eigenvalue weighted by Crippen LogP contribution is 2.32. The molecule has 0 saturated carbocycles. The van der Waals surface area contributed by atoms with Gasteiger partial charge in [-0.3, -0.25) is 9.97 Å². The number of hydrogen-bond acceptors (Lipinski definition) is 3. The van der Waals surface area contributed by atoms with E-state index in [-0.39, 0.29) is 6.04 Å². The molecule has 26 heavy (non-hydrogen) atoms. The van der Waals surface area contributed by atoms with Crippen LogP contribution in [0.3, 0.4) is 0 Å². The summed E-state index contributed by atoms with van der Waals surface area (Å²) in [4.78, 5) is 11.9. The zero-order valence-electron chi connectivity index (χ0n) is 15.2. The molecule has 0 radical (unpaired) electrons. The first-order chi connectivity index (χ1) is 12.8. The van der Waals surface area contributed by atoms with Gasteiger partial charge in [0.25, 0.3) is 0 Å². The second-order valence-electron chi connectivity index (χ2n) is 7.06. The number of aromatic hydroxyl groups is 1. The standard InChI is InChI=1S/C21H24N4O/c1-2-24-11-13-25(14-12-24)20(17-6-3-9-22-15-17)18-8-7-16-5-4-10-23-19(16)21(18)26/h3-10,15,20,26H,2,11-14H2,1H3/p+2/t20-/m1/s1. The predicted octanol–water partition coefficient (Wildman–Crippen LogP) is 0.228. The van der Waals surface area contributed by atoms with Crippen LogP contribution in [0.15, 0.2) is 55.0 Å². The van der Waals surface area contributed by atoms with Crippen molar-refractivity contribution < 1.29 is 14.9 Å². The molecule has 5 heteroatoms. The molecule has 1 atom stereocenters. The Morgan fingerprint density at radius 1 is 1.04 bits per heavy atom. The van der Waals surface area contributed by atoms with Crippen LogP contribution < -0.4 is 9.80 Å². The Morgan fingerprint density at radius 2 is 1.85 bits per heavy atom. The number of rotatable bonds is 4. The van der Waals surface area contributed by atoms with Crippen molar-refractivity contribution in [2.24, 2.45) is 0 Å². The molecule has 3 heterocycles. The summed E-state index contributed by atoms with van der Waals surface area (Å²) >= 11 is 0. The van der Waals surface area contributed by atoms with Crippen molar-refractivity contribution in [2.75, 3.05) is 32.7 Å². The molecular weight excluding hydrogens is 324 g/mol. The molecule has 0 bridgehead atoms. The van der Waals surface area contributed by atoms with Gasteiger partial charge in [-0.1, -0.05) is 12.1 Å². The molecule has 1 aliphatic heterocycles. The van der Waals surface area contributed by atoms with Crippen molar-refractivity contribution in [3.63, 3.8) is 0 Å². The normalized spacial score (nSPS) is 21.6. The number of likely N-dealkylation sites (N-methyl/N-ethyl adjacent to an activating group) is 1. The quantitative estimate of drug-likeness (QED) is 0.631. The number of benzene rings is 1. The molecule has 0 unspecified atom stereocenters. The van der Waals surface area contributed by atoms with Crippen molar-refractivity contribution >= 4 is 10.9 Å². The highest BCUT2D eigenvalue weighted by atomic mass is 16.3. The Kier molecular flexibility index (Phi) is 4.82. The highest BCUT2D eigenvalue weighted by Gasteiger charge is 2.33. The number of phenols is 1. The molecule has 3 aromatic rings. The van der Waals surface area contributed by atoms with Gasteiger partial charge < -0.3 is 14.9 Å². The van der Waals surface area contributed by atoms with Crippen LogP contribution in [0.25, 0.3) is 10.9 Å². The lowest BCUT2D eigenvalue weighted by Crippen LogP contribution is -3.28. The number of piperazine rings is 1. The Morgan fingerprint density at radius 3 is 2.58 bits per heavy atom. The van der Waals surface area contributed by atoms with E-state index in [1.54, 1.807) is 17.3 Å². The molecule has 1 aromatic carbocycles. The molecule has 1 aliphatic rings. The molecular formula is C21H26N4O+2. The zero-order chi connectivity index (χ0) is 17.9. The molecule has 1 fully saturated rings.